The average molecular weight is 454 g/mol. The lowest BCUT2D eigenvalue weighted by Gasteiger charge is -2.31. The third-order valence-corrected chi connectivity index (χ3v) is 7.89. The van der Waals surface area contributed by atoms with Crippen LogP contribution >= 0.6 is 23.1 Å². The van der Waals surface area contributed by atoms with Crippen LogP contribution in [0.25, 0.3) is 21.4 Å². The van der Waals surface area contributed by atoms with E-state index in [2.05, 4.69) is 20.6 Å². The summed E-state index contributed by atoms with van der Waals surface area (Å²) >= 11 is 3.21. The normalized spacial score (nSPS) is 15.2. The first kappa shape index (κ1) is 20.2. The summed E-state index contributed by atoms with van der Waals surface area (Å²) in [7, 11) is 0. The van der Waals surface area contributed by atoms with Crippen molar-refractivity contribution in [2.75, 3.05) is 18.8 Å². The molecule has 2 N–H and O–H groups in total. The number of nitrogens with two attached hydrogens (primary N) is 1. The quantitative estimate of drug-likeness (QED) is 0.490. The number of carbonyl (C=O) groups excluding carboxylic acids is 1. The molecule has 10 heteroatoms. The molecule has 5 rings (SSSR count). The Morgan fingerprint density at radius 1 is 1.23 bits per heavy atom. The molecule has 0 radical (unpaired) electrons. The van der Waals surface area contributed by atoms with E-state index in [0.717, 1.165) is 64.3 Å². The first-order valence-electron chi connectivity index (χ1n) is 10.3. The largest absolute Gasteiger partial charge is 0.382 e. The van der Waals surface area contributed by atoms with E-state index in [0.29, 0.717) is 17.3 Å². The molecule has 8 nitrogen and oxygen atoms in total. The van der Waals surface area contributed by atoms with Gasteiger partial charge < -0.3 is 15.2 Å². The number of fused-ring (bicyclic) bond motifs is 2. The highest BCUT2D eigenvalue weighted by Gasteiger charge is 2.23. The molecular weight excluding hydrogens is 430 g/mol. The number of nitrogen functional groups attached to an aromatic ring is 1. The van der Waals surface area contributed by atoms with Gasteiger partial charge in [0.25, 0.3) is 0 Å². The van der Waals surface area contributed by atoms with Crippen molar-refractivity contribution in [3.05, 3.63) is 30.6 Å². The Bertz CT molecular complexity index is 1210. The van der Waals surface area contributed by atoms with Crippen molar-refractivity contribution < 1.29 is 4.79 Å². The van der Waals surface area contributed by atoms with Crippen LogP contribution in [0.15, 0.2) is 40.1 Å². The number of aromatic nitrogens is 5. The summed E-state index contributed by atoms with van der Waals surface area (Å²) in [5.41, 5.74) is 8.48. The van der Waals surface area contributed by atoms with Crippen LogP contribution in [-0.4, -0.2) is 48.4 Å². The third-order valence-electron chi connectivity index (χ3n) is 5.80. The number of rotatable bonds is 5. The zero-order valence-electron chi connectivity index (χ0n) is 17.2. The second-order valence-electron chi connectivity index (χ2n) is 7.76. The summed E-state index contributed by atoms with van der Waals surface area (Å²) in [5, 5.41) is 0.836. The molecule has 0 bridgehead atoms. The van der Waals surface area contributed by atoms with E-state index in [1.807, 2.05) is 23.1 Å². The lowest BCUT2D eigenvalue weighted by atomic mass is 9.93. The number of aryl methyl sites for hydroxylation is 1. The molecule has 1 amide bonds. The highest BCUT2D eigenvalue weighted by Crippen LogP contribution is 2.36. The number of imidazole rings is 1. The lowest BCUT2D eigenvalue weighted by molar-refractivity contribution is -0.130. The Morgan fingerprint density at radius 3 is 2.81 bits per heavy atom. The molecule has 1 aliphatic heterocycles. The SMILES string of the molecule is CC(=O)N1CCC(CCn2c(Sc3nc4ccccc4s3)nc3c(N)ncnc32)CC1. The van der Waals surface area contributed by atoms with Crippen molar-refractivity contribution in [3.8, 4) is 0 Å². The van der Waals surface area contributed by atoms with Crippen LogP contribution in [0.3, 0.4) is 0 Å². The second kappa shape index (κ2) is 8.43. The summed E-state index contributed by atoms with van der Waals surface area (Å²) in [5.74, 6) is 1.14. The second-order valence-corrected chi connectivity index (χ2v) is 10.0. The highest BCUT2D eigenvalue weighted by molar-refractivity contribution is 8.01. The molecule has 3 aromatic heterocycles. The van der Waals surface area contributed by atoms with Gasteiger partial charge in [0.05, 0.1) is 10.2 Å². The topological polar surface area (TPSA) is 103 Å². The molecule has 4 aromatic rings. The molecule has 0 atom stereocenters. The van der Waals surface area contributed by atoms with Gasteiger partial charge in [0, 0.05) is 26.6 Å². The predicted molar refractivity (Wildman–Crippen MR) is 123 cm³/mol. The monoisotopic (exact) mass is 453 g/mol. The van der Waals surface area contributed by atoms with Crippen LogP contribution in [0, 0.1) is 5.92 Å². The fourth-order valence-corrected chi connectivity index (χ4v) is 6.12. The van der Waals surface area contributed by atoms with Gasteiger partial charge in [-0.3, -0.25) is 4.79 Å². The number of thiazole rings is 1. The van der Waals surface area contributed by atoms with Crippen molar-refractivity contribution in [1.82, 2.24) is 29.4 Å². The third kappa shape index (κ3) is 4.09. The van der Waals surface area contributed by atoms with Gasteiger partial charge in [-0.1, -0.05) is 12.1 Å². The van der Waals surface area contributed by atoms with Crippen LogP contribution in [0.5, 0.6) is 0 Å². The molecule has 160 valence electrons. The summed E-state index contributed by atoms with van der Waals surface area (Å²) in [4.78, 5) is 31.6. The van der Waals surface area contributed by atoms with Gasteiger partial charge in [0.15, 0.2) is 26.5 Å². The van der Waals surface area contributed by atoms with E-state index >= 15 is 0 Å². The molecule has 1 aliphatic rings. The van der Waals surface area contributed by atoms with Gasteiger partial charge in [-0.15, -0.1) is 11.3 Å². The maximum atomic E-state index is 11.6. The van der Waals surface area contributed by atoms with Gasteiger partial charge in [0.1, 0.15) is 6.33 Å². The molecule has 1 fully saturated rings. The van der Waals surface area contributed by atoms with E-state index in [9.17, 15) is 4.79 Å². The minimum atomic E-state index is 0.167. The van der Waals surface area contributed by atoms with Crippen molar-refractivity contribution in [1.29, 1.82) is 0 Å². The Balaban J connectivity index is 1.40. The Hall–Kier alpha value is -2.72. The van der Waals surface area contributed by atoms with E-state index in [1.165, 1.54) is 6.33 Å². The van der Waals surface area contributed by atoms with Gasteiger partial charge in [-0.2, -0.15) is 0 Å². The number of likely N-dealkylation sites (tertiary alicyclic amines) is 1. The maximum absolute atomic E-state index is 11.6. The summed E-state index contributed by atoms with van der Waals surface area (Å²) in [6, 6.07) is 8.13. The van der Waals surface area contributed by atoms with Crippen molar-refractivity contribution in [2.24, 2.45) is 5.92 Å². The van der Waals surface area contributed by atoms with Crippen LogP contribution in [0.2, 0.25) is 0 Å². The number of carbonyl (C=O) groups is 1. The molecule has 0 unspecified atom stereocenters. The Kier molecular flexibility index (Phi) is 5.49. The zero-order valence-corrected chi connectivity index (χ0v) is 18.8. The van der Waals surface area contributed by atoms with Gasteiger partial charge in [-0.25, -0.2) is 19.9 Å². The number of amides is 1. The minimum Gasteiger partial charge on any atom is -0.382 e. The van der Waals surface area contributed by atoms with Crippen LogP contribution in [-0.2, 0) is 11.3 Å². The van der Waals surface area contributed by atoms with Crippen molar-refractivity contribution >= 4 is 56.2 Å². The minimum absolute atomic E-state index is 0.167. The van der Waals surface area contributed by atoms with Crippen molar-refractivity contribution in [3.63, 3.8) is 0 Å². The fraction of sp³-hybridized carbons (Fsp3) is 0.381. The summed E-state index contributed by atoms with van der Waals surface area (Å²) in [6.45, 7) is 4.12. The maximum Gasteiger partial charge on any atom is 0.219 e. The molecule has 4 heterocycles. The smallest absolute Gasteiger partial charge is 0.219 e. The van der Waals surface area contributed by atoms with E-state index in [4.69, 9.17) is 15.7 Å². The van der Waals surface area contributed by atoms with Gasteiger partial charge in [0.2, 0.25) is 5.91 Å². The number of anilines is 1. The number of para-hydroxylation sites is 1. The van der Waals surface area contributed by atoms with Crippen LogP contribution in [0.1, 0.15) is 26.2 Å². The highest BCUT2D eigenvalue weighted by atomic mass is 32.2. The molecule has 0 spiro atoms. The fourth-order valence-electron chi connectivity index (χ4n) is 4.03. The first-order valence-corrected chi connectivity index (χ1v) is 12.0. The number of nitrogens with zero attached hydrogens (tertiary/aromatic N) is 6. The number of benzene rings is 1. The molecule has 0 saturated carbocycles. The molecule has 1 saturated heterocycles. The first-order chi connectivity index (χ1) is 15.1. The van der Waals surface area contributed by atoms with Gasteiger partial charge in [-0.05, 0) is 49.1 Å². The summed E-state index contributed by atoms with van der Waals surface area (Å²) in [6.07, 6.45) is 4.56. The predicted octanol–water partition coefficient (Wildman–Crippen LogP) is 3.82. The number of hydrogen-bond donors (Lipinski definition) is 1. The molecule has 1 aromatic carbocycles. The van der Waals surface area contributed by atoms with Crippen LogP contribution in [0.4, 0.5) is 5.82 Å². The van der Waals surface area contributed by atoms with Crippen LogP contribution < -0.4 is 5.73 Å². The zero-order chi connectivity index (χ0) is 21.4. The number of piperidine rings is 1. The lowest BCUT2D eigenvalue weighted by Crippen LogP contribution is -2.37. The van der Waals surface area contributed by atoms with Gasteiger partial charge >= 0.3 is 0 Å². The summed E-state index contributed by atoms with van der Waals surface area (Å²) < 4.78 is 4.24. The molecular formula is C21H23N7OS2. The Morgan fingerprint density at radius 2 is 2.03 bits per heavy atom. The number of hydrogen-bond acceptors (Lipinski definition) is 8. The molecule has 31 heavy (non-hydrogen) atoms. The van der Waals surface area contributed by atoms with Crippen molar-refractivity contribution in [2.45, 2.75) is 42.2 Å². The molecule has 0 aliphatic carbocycles. The van der Waals surface area contributed by atoms with E-state index < -0.39 is 0 Å². The average Bonchev–Trinajstić information content (AvgIpc) is 3.34. The van der Waals surface area contributed by atoms with E-state index in [1.54, 1.807) is 30.0 Å². The standard InChI is InChI=1S/C21H23N7OS2/c1-13(29)27-9-6-14(7-10-27)8-11-28-19-17(18(22)23-12-24-19)26-20(28)31-21-25-15-4-2-3-5-16(15)30-21/h2-5,12,14H,6-11H2,1H3,(H2,22,23,24). The Labute approximate surface area is 187 Å². The van der Waals surface area contributed by atoms with E-state index in [-0.39, 0.29) is 5.91 Å².